The Morgan fingerprint density at radius 2 is 1.95 bits per heavy atom. The number of hydrogen-bond donors (Lipinski definition) is 1. The number of rotatable bonds is 5. The van der Waals surface area contributed by atoms with Crippen LogP contribution >= 0.6 is 11.6 Å². The summed E-state index contributed by atoms with van der Waals surface area (Å²) in [4.78, 5) is 11.9. The second kappa shape index (κ2) is 6.99. The second-order valence-corrected chi connectivity index (χ2v) is 4.91. The zero-order chi connectivity index (χ0) is 15.2. The van der Waals surface area contributed by atoms with Gasteiger partial charge in [-0.05, 0) is 36.8 Å². The van der Waals surface area contributed by atoms with E-state index in [4.69, 9.17) is 21.1 Å². The summed E-state index contributed by atoms with van der Waals surface area (Å²) in [6, 6.07) is 12.5. The van der Waals surface area contributed by atoms with Gasteiger partial charge in [-0.15, -0.1) is 0 Å². The van der Waals surface area contributed by atoms with Crippen LogP contribution in [0.3, 0.4) is 0 Å². The zero-order valence-corrected chi connectivity index (χ0v) is 12.6. The Morgan fingerprint density at radius 3 is 2.67 bits per heavy atom. The first kappa shape index (κ1) is 15.2. The van der Waals surface area contributed by atoms with Gasteiger partial charge in [0.05, 0.1) is 17.8 Å². The van der Waals surface area contributed by atoms with E-state index in [2.05, 4.69) is 5.32 Å². The van der Waals surface area contributed by atoms with Crippen molar-refractivity contribution in [1.82, 2.24) is 0 Å². The fourth-order valence-electron chi connectivity index (χ4n) is 1.75. The topological polar surface area (TPSA) is 47.6 Å². The minimum atomic E-state index is -0.274. The Hall–Kier alpha value is -2.20. The molecule has 0 radical (unpaired) electrons. The molecule has 5 heteroatoms. The molecule has 0 aromatic heterocycles. The van der Waals surface area contributed by atoms with Crippen LogP contribution in [0.2, 0.25) is 5.02 Å². The Bertz CT molecular complexity index is 643. The minimum Gasteiger partial charge on any atom is -0.497 e. The molecule has 0 heterocycles. The van der Waals surface area contributed by atoms with Gasteiger partial charge in [-0.2, -0.15) is 0 Å². The molecule has 2 rings (SSSR count). The van der Waals surface area contributed by atoms with E-state index < -0.39 is 0 Å². The lowest BCUT2D eigenvalue weighted by molar-refractivity contribution is -0.118. The maximum Gasteiger partial charge on any atom is 0.262 e. The average molecular weight is 306 g/mol. The number of ether oxygens (including phenoxy) is 2. The summed E-state index contributed by atoms with van der Waals surface area (Å²) in [5.74, 6) is 0.970. The molecule has 4 nitrogen and oxygen atoms in total. The maximum atomic E-state index is 11.9. The van der Waals surface area contributed by atoms with Gasteiger partial charge >= 0.3 is 0 Å². The van der Waals surface area contributed by atoms with Crippen LogP contribution in [-0.2, 0) is 4.79 Å². The zero-order valence-electron chi connectivity index (χ0n) is 11.9. The molecule has 110 valence electrons. The van der Waals surface area contributed by atoms with Crippen molar-refractivity contribution in [2.75, 3.05) is 19.0 Å². The Kier molecular flexibility index (Phi) is 5.06. The standard InChI is InChI=1S/C16H16ClNO3/c1-11-6-7-15(14(17)8-11)18-16(19)10-21-13-5-3-4-12(9-13)20-2/h3-9H,10H2,1-2H3,(H,18,19). The number of halogens is 1. The number of carbonyl (C=O) groups is 1. The van der Waals surface area contributed by atoms with Crippen molar-refractivity contribution in [3.05, 3.63) is 53.1 Å². The average Bonchev–Trinajstić information content (AvgIpc) is 2.48. The van der Waals surface area contributed by atoms with Gasteiger partial charge in [0.25, 0.3) is 5.91 Å². The Balaban J connectivity index is 1.92. The highest BCUT2D eigenvalue weighted by molar-refractivity contribution is 6.33. The highest BCUT2D eigenvalue weighted by atomic mass is 35.5. The maximum absolute atomic E-state index is 11.9. The summed E-state index contributed by atoms with van der Waals surface area (Å²) in [5.41, 5.74) is 1.60. The van der Waals surface area contributed by atoms with Crippen LogP contribution in [0.4, 0.5) is 5.69 Å². The minimum absolute atomic E-state index is 0.0998. The van der Waals surface area contributed by atoms with Crippen molar-refractivity contribution >= 4 is 23.2 Å². The highest BCUT2D eigenvalue weighted by Gasteiger charge is 2.07. The lowest BCUT2D eigenvalue weighted by Crippen LogP contribution is -2.20. The van der Waals surface area contributed by atoms with Crippen molar-refractivity contribution in [2.24, 2.45) is 0 Å². The molecule has 1 N–H and O–H groups in total. The SMILES string of the molecule is COc1cccc(OCC(=O)Nc2ccc(C)cc2Cl)c1. The molecule has 0 aliphatic heterocycles. The molecule has 0 unspecified atom stereocenters. The molecule has 1 amide bonds. The monoisotopic (exact) mass is 305 g/mol. The van der Waals surface area contributed by atoms with E-state index in [1.54, 1.807) is 43.5 Å². The van der Waals surface area contributed by atoms with Crippen LogP contribution < -0.4 is 14.8 Å². The molecular weight excluding hydrogens is 290 g/mol. The van der Waals surface area contributed by atoms with Gasteiger partial charge in [-0.25, -0.2) is 0 Å². The van der Waals surface area contributed by atoms with Gasteiger partial charge in [0, 0.05) is 6.07 Å². The summed E-state index contributed by atoms with van der Waals surface area (Å²) in [5, 5.41) is 3.21. The molecule has 0 saturated heterocycles. The smallest absolute Gasteiger partial charge is 0.262 e. The third-order valence-electron chi connectivity index (χ3n) is 2.81. The lowest BCUT2D eigenvalue weighted by Gasteiger charge is -2.10. The van der Waals surface area contributed by atoms with E-state index in [9.17, 15) is 4.79 Å². The number of hydrogen-bond acceptors (Lipinski definition) is 3. The van der Waals surface area contributed by atoms with Crippen molar-refractivity contribution in [1.29, 1.82) is 0 Å². The molecule has 2 aromatic carbocycles. The summed E-state index contributed by atoms with van der Waals surface area (Å²) in [6.45, 7) is 1.83. The number of methoxy groups -OCH3 is 1. The molecule has 0 fully saturated rings. The fourth-order valence-corrected chi connectivity index (χ4v) is 2.03. The number of carbonyl (C=O) groups excluding carboxylic acids is 1. The van der Waals surface area contributed by atoms with E-state index in [0.717, 1.165) is 5.56 Å². The number of amides is 1. The molecule has 0 saturated carbocycles. The number of anilines is 1. The summed E-state index contributed by atoms with van der Waals surface area (Å²) < 4.78 is 10.5. The first-order valence-electron chi connectivity index (χ1n) is 6.41. The molecule has 0 bridgehead atoms. The van der Waals surface area contributed by atoms with Gasteiger partial charge < -0.3 is 14.8 Å². The molecule has 0 atom stereocenters. The van der Waals surface area contributed by atoms with Crippen LogP contribution in [0.1, 0.15) is 5.56 Å². The lowest BCUT2D eigenvalue weighted by atomic mass is 10.2. The van der Waals surface area contributed by atoms with E-state index in [-0.39, 0.29) is 12.5 Å². The molecule has 2 aromatic rings. The van der Waals surface area contributed by atoms with Crippen LogP contribution in [0.15, 0.2) is 42.5 Å². The molecule has 0 aliphatic rings. The largest absolute Gasteiger partial charge is 0.497 e. The quantitative estimate of drug-likeness (QED) is 0.916. The van der Waals surface area contributed by atoms with Crippen molar-refractivity contribution in [3.8, 4) is 11.5 Å². The first-order valence-corrected chi connectivity index (χ1v) is 6.79. The predicted octanol–water partition coefficient (Wildman–Crippen LogP) is 3.67. The number of benzene rings is 2. The molecule has 21 heavy (non-hydrogen) atoms. The molecule has 0 spiro atoms. The van der Waals surface area contributed by atoms with E-state index >= 15 is 0 Å². The first-order chi connectivity index (χ1) is 10.1. The van der Waals surface area contributed by atoms with Crippen molar-refractivity contribution in [2.45, 2.75) is 6.92 Å². The third kappa shape index (κ3) is 4.39. The molecule has 0 aliphatic carbocycles. The van der Waals surface area contributed by atoms with Crippen molar-refractivity contribution < 1.29 is 14.3 Å². The fraction of sp³-hybridized carbons (Fsp3) is 0.188. The number of aryl methyl sites for hydroxylation is 1. The summed E-state index contributed by atoms with van der Waals surface area (Å²) in [7, 11) is 1.57. The van der Waals surface area contributed by atoms with E-state index in [1.807, 2.05) is 13.0 Å². The molecular formula is C16H16ClNO3. The highest BCUT2D eigenvalue weighted by Crippen LogP contribution is 2.23. The van der Waals surface area contributed by atoms with Gasteiger partial charge in [-0.3, -0.25) is 4.79 Å². The van der Waals surface area contributed by atoms with E-state index in [0.29, 0.717) is 22.2 Å². The number of nitrogens with one attached hydrogen (secondary N) is 1. The van der Waals surface area contributed by atoms with Gasteiger partial charge in [0.1, 0.15) is 11.5 Å². The summed E-state index contributed by atoms with van der Waals surface area (Å²) in [6.07, 6.45) is 0. The Labute approximate surface area is 128 Å². The third-order valence-corrected chi connectivity index (χ3v) is 3.12. The van der Waals surface area contributed by atoms with Crippen LogP contribution in [-0.4, -0.2) is 19.6 Å². The van der Waals surface area contributed by atoms with Gasteiger partial charge in [-0.1, -0.05) is 23.7 Å². The van der Waals surface area contributed by atoms with Crippen molar-refractivity contribution in [3.63, 3.8) is 0 Å². The van der Waals surface area contributed by atoms with Gasteiger partial charge in [0.2, 0.25) is 0 Å². The predicted molar refractivity (Wildman–Crippen MR) is 83.3 cm³/mol. The second-order valence-electron chi connectivity index (χ2n) is 4.50. The van der Waals surface area contributed by atoms with Crippen LogP contribution in [0.25, 0.3) is 0 Å². The van der Waals surface area contributed by atoms with Gasteiger partial charge in [0.15, 0.2) is 6.61 Å². The summed E-state index contributed by atoms with van der Waals surface area (Å²) >= 11 is 6.06. The Morgan fingerprint density at radius 1 is 1.19 bits per heavy atom. The normalized spacial score (nSPS) is 10.0. The van der Waals surface area contributed by atoms with Crippen LogP contribution in [0.5, 0.6) is 11.5 Å². The van der Waals surface area contributed by atoms with Crippen LogP contribution in [0, 0.1) is 6.92 Å². The van der Waals surface area contributed by atoms with E-state index in [1.165, 1.54) is 0 Å².